The first kappa shape index (κ1) is 10.3. The molecule has 0 aromatic heterocycles. The summed E-state index contributed by atoms with van der Waals surface area (Å²) in [4.78, 5) is 11.0. The van der Waals surface area contributed by atoms with Crippen LogP contribution in [0.25, 0.3) is 0 Å². The van der Waals surface area contributed by atoms with Gasteiger partial charge < -0.3 is 4.74 Å². The maximum atomic E-state index is 11.0. The summed E-state index contributed by atoms with van der Waals surface area (Å²) in [5.74, 6) is 0.409. The monoisotopic (exact) mass is 182 g/mol. The minimum absolute atomic E-state index is 0.201. The van der Waals surface area contributed by atoms with Crippen molar-refractivity contribution in [2.45, 2.75) is 39.0 Å². The molecule has 0 saturated heterocycles. The van der Waals surface area contributed by atoms with Crippen molar-refractivity contribution in [3.05, 3.63) is 12.2 Å². The van der Waals surface area contributed by atoms with Gasteiger partial charge in [0, 0.05) is 6.08 Å². The van der Waals surface area contributed by atoms with Gasteiger partial charge in [-0.1, -0.05) is 25.3 Å². The Bertz CT molecular complexity index is 179. The van der Waals surface area contributed by atoms with Gasteiger partial charge in [0.25, 0.3) is 0 Å². The van der Waals surface area contributed by atoms with Gasteiger partial charge in [0.15, 0.2) is 0 Å². The largest absolute Gasteiger partial charge is 0.463 e. The highest BCUT2D eigenvalue weighted by molar-refractivity contribution is 5.81. The second-order valence-electron chi connectivity index (χ2n) is 3.51. The SMILES string of the molecule is CCOC(=O)/C=C/C1CCCCC1. The molecule has 0 bridgehead atoms. The maximum Gasteiger partial charge on any atom is 0.330 e. The highest BCUT2D eigenvalue weighted by Gasteiger charge is 2.10. The molecule has 2 heteroatoms. The van der Waals surface area contributed by atoms with Crippen LogP contribution < -0.4 is 0 Å². The molecule has 1 aliphatic carbocycles. The van der Waals surface area contributed by atoms with Crippen molar-refractivity contribution in [2.75, 3.05) is 6.61 Å². The summed E-state index contributed by atoms with van der Waals surface area (Å²) in [5, 5.41) is 0. The fourth-order valence-electron chi connectivity index (χ4n) is 1.73. The number of esters is 1. The number of rotatable bonds is 3. The quantitative estimate of drug-likeness (QED) is 0.495. The van der Waals surface area contributed by atoms with Crippen LogP contribution >= 0.6 is 0 Å². The van der Waals surface area contributed by atoms with Crippen LogP contribution in [-0.4, -0.2) is 12.6 Å². The predicted octanol–water partition coefficient (Wildman–Crippen LogP) is 2.69. The zero-order valence-electron chi connectivity index (χ0n) is 8.29. The summed E-state index contributed by atoms with van der Waals surface area (Å²) in [7, 11) is 0. The Morgan fingerprint density at radius 2 is 2.08 bits per heavy atom. The van der Waals surface area contributed by atoms with Crippen LogP contribution in [0, 0.1) is 5.92 Å². The van der Waals surface area contributed by atoms with Crippen molar-refractivity contribution in [1.82, 2.24) is 0 Å². The zero-order valence-corrected chi connectivity index (χ0v) is 8.29. The first-order valence-electron chi connectivity index (χ1n) is 5.18. The first-order valence-corrected chi connectivity index (χ1v) is 5.18. The van der Waals surface area contributed by atoms with Crippen LogP contribution in [0.2, 0.25) is 0 Å². The Morgan fingerprint density at radius 1 is 1.38 bits per heavy atom. The summed E-state index contributed by atoms with van der Waals surface area (Å²) in [6.45, 7) is 2.29. The van der Waals surface area contributed by atoms with E-state index in [9.17, 15) is 4.79 Å². The molecular formula is C11H18O2. The van der Waals surface area contributed by atoms with Gasteiger partial charge in [0.1, 0.15) is 0 Å². The van der Waals surface area contributed by atoms with Crippen LogP contribution in [0.5, 0.6) is 0 Å². The Balaban J connectivity index is 2.24. The topological polar surface area (TPSA) is 26.3 Å². The molecule has 0 heterocycles. The van der Waals surface area contributed by atoms with E-state index in [1.807, 2.05) is 13.0 Å². The lowest BCUT2D eigenvalue weighted by Crippen LogP contribution is -2.05. The molecule has 0 aromatic rings. The third-order valence-electron chi connectivity index (χ3n) is 2.44. The number of ether oxygens (including phenoxy) is 1. The van der Waals surface area contributed by atoms with Gasteiger partial charge in [0.05, 0.1) is 6.61 Å². The third-order valence-corrected chi connectivity index (χ3v) is 2.44. The molecule has 0 unspecified atom stereocenters. The number of carbonyl (C=O) groups excluding carboxylic acids is 1. The van der Waals surface area contributed by atoms with Gasteiger partial charge >= 0.3 is 5.97 Å². The molecular weight excluding hydrogens is 164 g/mol. The van der Waals surface area contributed by atoms with Crippen LogP contribution in [0.3, 0.4) is 0 Å². The molecule has 0 aromatic carbocycles. The standard InChI is InChI=1S/C11H18O2/c1-2-13-11(12)9-8-10-6-4-3-5-7-10/h8-10H,2-7H2,1H3/b9-8+. The molecule has 0 spiro atoms. The molecule has 74 valence electrons. The van der Waals surface area contributed by atoms with Crippen molar-refractivity contribution < 1.29 is 9.53 Å². The van der Waals surface area contributed by atoms with E-state index < -0.39 is 0 Å². The predicted molar refractivity (Wildman–Crippen MR) is 52.3 cm³/mol. The molecule has 0 radical (unpaired) electrons. The van der Waals surface area contributed by atoms with Crippen LogP contribution in [0.1, 0.15) is 39.0 Å². The summed E-state index contributed by atoms with van der Waals surface area (Å²) in [5.41, 5.74) is 0. The number of allylic oxidation sites excluding steroid dienone is 1. The normalized spacial score (nSPS) is 19.2. The van der Waals surface area contributed by atoms with E-state index in [4.69, 9.17) is 4.74 Å². The lowest BCUT2D eigenvalue weighted by atomic mass is 9.89. The number of carbonyl (C=O) groups is 1. The van der Waals surface area contributed by atoms with Gasteiger partial charge in [-0.15, -0.1) is 0 Å². The summed E-state index contributed by atoms with van der Waals surface area (Å²) in [6, 6.07) is 0. The fourth-order valence-corrected chi connectivity index (χ4v) is 1.73. The lowest BCUT2D eigenvalue weighted by molar-refractivity contribution is -0.137. The highest BCUT2D eigenvalue weighted by atomic mass is 16.5. The van der Waals surface area contributed by atoms with Crippen molar-refractivity contribution in [1.29, 1.82) is 0 Å². The second kappa shape index (κ2) is 5.79. The molecule has 0 atom stereocenters. The molecule has 1 fully saturated rings. The van der Waals surface area contributed by atoms with Gasteiger partial charge in [-0.05, 0) is 25.7 Å². The molecule has 1 rings (SSSR count). The Hall–Kier alpha value is -0.790. The van der Waals surface area contributed by atoms with Crippen LogP contribution in [-0.2, 0) is 9.53 Å². The lowest BCUT2D eigenvalue weighted by Gasteiger charge is -2.17. The summed E-state index contributed by atoms with van der Waals surface area (Å²) >= 11 is 0. The zero-order chi connectivity index (χ0) is 9.52. The van der Waals surface area contributed by atoms with Gasteiger partial charge in [0.2, 0.25) is 0 Å². The second-order valence-corrected chi connectivity index (χ2v) is 3.51. The van der Waals surface area contributed by atoms with E-state index >= 15 is 0 Å². The van der Waals surface area contributed by atoms with Crippen molar-refractivity contribution in [2.24, 2.45) is 5.92 Å². The minimum Gasteiger partial charge on any atom is -0.463 e. The Kier molecular flexibility index (Phi) is 4.58. The highest BCUT2D eigenvalue weighted by Crippen LogP contribution is 2.24. The average molecular weight is 182 g/mol. The molecule has 0 amide bonds. The molecule has 2 nitrogen and oxygen atoms in total. The molecule has 0 aliphatic heterocycles. The minimum atomic E-state index is -0.201. The van der Waals surface area contributed by atoms with Crippen LogP contribution in [0.15, 0.2) is 12.2 Å². The Morgan fingerprint density at radius 3 is 2.69 bits per heavy atom. The van der Waals surface area contributed by atoms with E-state index in [2.05, 4.69) is 0 Å². The van der Waals surface area contributed by atoms with E-state index in [0.717, 1.165) is 0 Å². The molecule has 1 saturated carbocycles. The summed E-state index contributed by atoms with van der Waals surface area (Å²) in [6.07, 6.45) is 10.0. The van der Waals surface area contributed by atoms with Crippen molar-refractivity contribution in [3.63, 3.8) is 0 Å². The van der Waals surface area contributed by atoms with Gasteiger partial charge in [-0.3, -0.25) is 0 Å². The Labute approximate surface area is 80.0 Å². The van der Waals surface area contributed by atoms with E-state index in [1.54, 1.807) is 6.08 Å². The van der Waals surface area contributed by atoms with Crippen molar-refractivity contribution >= 4 is 5.97 Å². The smallest absolute Gasteiger partial charge is 0.330 e. The maximum absolute atomic E-state index is 11.0. The van der Waals surface area contributed by atoms with E-state index in [0.29, 0.717) is 12.5 Å². The van der Waals surface area contributed by atoms with Crippen LogP contribution in [0.4, 0.5) is 0 Å². The van der Waals surface area contributed by atoms with Gasteiger partial charge in [-0.2, -0.15) is 0 Å². The molecule has 0 N–H and O–H groups in total. The number of hydrogen-bond donors (Lipinski definition) is 0. The van der Waals surface area contributed by atoms with E-state index in [1.165, 1.54) is 32.1 Å². The third kappa shape index (κ3) is 4.11. The molecule has 13 heavy (non-hydrogen) atoms. The number of hydrogen-bond acceptors (Lipinski definition) is 2. The van der Waals surface area contributed by atoms with Gasteiger partial charge in [-0.25, -0.2) is 4.79 Å². The summed E-state index contributed by atoms with van der Waals surface area (Å²) < 4.78 is 4.81. The van der Waals surface area contributed by atoms with Crippen molar-refractivity contribution in [3.8, 4) is 0 Å². The van der Waals surface area contributed by atoms with E-state index in [-0.39, 0.29) is 5.97 Å². The fraction of sp³-hybridized carbons (Fsp3) is 0.727. The first-order chi connectivity index (χ1) is 6.33. The molecule has 1 aliphatic rings. The average Bonchev–Trinajstić information content (AvgIpc) is 2.17.